The fraction of sp³-hybridized carbons (Fsp3) is 0.133. The topological polar surface area (TPSA) is 90.2 Å². The Bertz CT molecular complexity index is 642. The lowest BCUT2D eigenvalue weighted by molar-refractivity contribution is 1.04. The molecular weight excluding hydrogens is 250 g/mol. The van der Waals surface area contributed by atoms with Gasteiger partial charge in [0.1, 0.15) is 11.7 Å². The average Bonchev–Trinajstić information content (AvgIpc) is 2.47. The molecule has 0 aliphatic rings. The van der Waals surface area contributed by atoms with Gasteiger partial charge >= 0.3 is 0 Å². The van der Waals surface area contributed by atoms with Crippen molar-refractivity contribution >= 4 is 17.2 Å². The predicted molar refractivity (Wildman–Crippen MR) is 81.3 cm³/mol. The van der Waals surface area contributed by atoms with Crippen LogP contribution in [-0.4, -0.2) is 15.8 Å². The van der Waals surface area contributed by atoms with Gasteiger partial charge in [0.2, 0.25) is 0 Å². The lowest BCUT2D eigenvalue weighted by Crippen LogP contribution is -2.17. The first-order valence-electron chi connectivity index (χ1n) is 6.23. The van der Waals surface area contributed by atoms with E-state index in [1.807, 2.05) is 44.2 Å². The summed E-state index contributed by atoms with van der Waals surface area (Å²) in [6.07, 6.45) is 3.36. The average molecular weight is 267 g/mol. The van der Waals surface area contributed by atoms with Crippen LogP contribution in [0.25, 0.3) is 5.70 Å². The number of aromatic nitrogens is 2. The second kappa shape index (κ2) is 5.97. The third-order valence-electron chi connectivity index (χ3n) is 2.89. The molecule has 1 heterocycles. The summed E-state index contributed by atoms with van der Waals surface area (Å²) in [5, 5.41) is 0. The quantitative estimate of drug-likeness (QED) is 0.658. The molecule has 5 nitrogen and oxygen atoms in total. The first kappa shape index (κ1) is 13.7. The van der Waals surface area contributed by atoms with Crippen LogP contribution in [0.2, 0.25) is 0 Å². The van der Waals surface area contributed by atoms with Crippen molar-refractivity contribution in [2.75, 3.05) is 0 Å². The highest BCUT2D eigenvalue weighted by molar-refractivity contribution is 6.03. The van der Waals surface area contributed by atoms with Crippen LogP contribution in [0.3, 0.4) is 0 Å². The minimum absolute atomic E-state index is 0.384. The summed E-state index contributed by atoms with van der Waals surface area (Å²) in [5.74, 6) is 1.08. The highest BCUT2D eigenvalue weighted by Crippen LogP contribution is 2.15. The van der Waals surface area contributed by atoms with Crippen molar-refractivity contribution in [3.63, 3.8) is 0 Å². The number of rotatable bonds is 3. The molecule has 0 aliphatic carbocycles. The van der Waals surface area contributed by atoms with Crippen LogP contribution in [0.5, 0.6) is 0 Å². The van der Waals surface area contributed by atoms with Gasteiger partial charge in [-0.25, -0.2) is 15.0 Å². The smallest absolute Gasteiger partial charge is 0.129 e. The molecule has 0 aliphatic heterocycles. The molecule has 0 saturated heterocycles. The van der Waals surface area contributed by atoms with Gasteiger partial charge in [-0.2, -0.15) is 0 Å². The summed E-state index contributed by atoms with van der Waals surface area (Å²) in [6, 6.07) is 9.50. The van der Waals surface area contributed by atoms with Crippen LogP contribution in [0, 0.1) is 6.92 Å². The molecule has 0 bridgehead atoms. The third-order valence-corrected chi connectivity index (χ3v) is 2.89. The number of para-hydroxylation sites is 1. The maximum Gasteiger partial charge on any atom is 0.129 e. The van der Waals surface area contributed by atoms with Crippen LogP contribution in [-0.2, 0) is 0 Å². The van der Waals surface area contributed by atoms with Crippen LogP contribution in [0.15, 0.2) is 53.3 Å². The molecule has 0 fully saturated rings. The Hall–Kier alpha value is -2.69. The molecule has 0 unspecified atom stereocenters. The van der Waals surface area contributed by atoms with Crippen molar-refractivity contribution < 1.29 is 0 Å². The van der Waals surface area contributed by atoms with Gasteiger partial charge in [0.05, 0.1) is 5.69 Å². The summed E-state index contributed by atoms with van der Waals surface area (Å²) in [4.78, 5) is 12.6. The maximum absolute atomic E-state index is 6.08. The minimum atomic E-state index is 0.384. The van der Waals surface area contributed by atoms with Gasteiger partial charge in [0.15, 0.2) is 0 Å². The number of aryl methyl sites for hydroxylation is 1. The first-order chi connectivity index (χ1) is 9.58. The lowest BCUT2D eigenvalue weighted by Gasteiger charge is -2.07. The Labute approximate surface area is 118 Å². The van der Waals surface area contributed by atoms with Gasteiger partial charge in [-0.3, -0.25) is 0 Å². The second-order valence-electron chi connectivity index (χ2n) is 4.39. The van der Waals surface area contributed by atoms with Crippen molar-refractivity contribution in [2.24, 2.45) is 16.5 Å². The molecule has 0 spiro atoms. The summed E-state index contributed by atoms with van der Waals surface area (Å²) in [7, 11) is 0. The van der Waals surface area contributed by atoms with Crippen molar-refractivity contribution in [2.45, 2.75) is 13.8 Å². The number of hydrogen-bond donors (Lipinski definition) is 2. The molecule has 2 aromatic rings. The molecule has 102 valence electrons. The number of benzene rings is 1. The third kappa shape index (κ3) is 3.20. The van der Waals surface area contributed by atoms with Crippen LogP contribution < -0.4 is 11.5 Å². The van der Waals surface area contributed by atoms with Gasteiger partial charge in [0, 0.05) is 29.2 Å². The fourth-order valence-corrected chi connectivity index (χ4v) is 1.61. The molecule has 5 heteroatoms. The number of nitrogens with two attached hydrogens (primary N) is 2. The SMILES string of the molecule is CC(C(N)=Nc1ccccc1)=C(N)c1cnc(C)nc1. The van der Waals surface area contributed by atoms with Gasteiger partial charge < -0.3 is 11.5 Å². The summed E-state index contributed by atoms with van der Waals surface area (Å²) >= 11 is 0. The van der Waals surface area contributed by atoms with Gasteiger partial charge in [0.25, 0.3) is 0 Å². The van der Waals surface area contributed by atoms with E-state index in [2.05, 4.69) is 15.0 Å². The second-order valence-corrected chi connectivity index (χ2v) is 4.39. The van der Waals surface area contributed by atoms with Crippen molar-refractivity contribution in [3.05, 3.63) is 59.7 Å². The van der Waals surface area contributed by atoms with E-state index in [0.29, 0.717) is 22.9 Å². The molecular formula is C15H17N5. The predicted octanol–water partition coefficient (Wildman–Crippen LogP) is 2.16. The molecule has 0 saturated carbocycles. The van der Waals surface area contributed by atoms with E-state index in [9.17, 15) is 0 Å². The van der Waals surface area contributed by atoms with E-state index in [-0.39, 0.29) is 0 Å². The van der Waals surface area contributed by atoms with E-state index in [4.69, 9.17) is 11.5 Å². The van der Waals surface area contributed by atoms with E-state index in [0.717, 1.165) is 11.3 Å². The molecule has 1 aromatic carbocycles. The molecule has 4 N–H and O–H groups in total. The standard InChI is InChI=1S/C15H17N5/c1-10(14(16)12-8-18-11(2)19-9-12)15(17)20-13-6-4-3-5-7-13/h3-9H,16H2,1-2H3,(H2,17,20). The zero-order valence-electron chi connectivity index (χ0n) is 11.5. The molecule has 2 rings (SSSR count). The number of hydrogen-bond acceptors (Lipinski definition) is 4. The lowest BCUT2D eigenvalue weighted by atomic mass is 10.1. The normalized spacial score (nSPS) is 13.0. The number of nitrogens with zero attached hydrogens (tertiary/aromatic N) is 3. The summed E-state index contributed by atoms with van der Waals surface area (Å²) in [6.45, 7) is 3.65. The zero-order valence-corrected chi connectivity index (χ0v) is 11.5. The van der Waals surface area contributed by atoms with Crippen molar-refractivity contribution in [1.29, 1.82) is 0 Å². The molecule has 0 atom stereocenters. The number of amidine groups is 1. The molecule has 0 radical (unpaired) electrons. The Morgan fingerprint density at radius 2 is 1.65 bits per heavy atom. The largest absolute Gasteiger partial charge is 0.398 e. The highest BCUT2D eigenvalue weighted by Gasteiger charge is 2.06. The fourth-order valence-electron chi connectivity index (χ4n) is 1.61. The van der Waals surface area contributed by atoms with E-state index in [1.165, 1.54) is 0 Å². The van der Waals surface area contributed by atoms with Gasteiger partial charge in [-0.15, -0.1) is 0 Å². The van der Waals surface area contributed by atoms with Gasteiger partial charge in [-0.1, -0.05) is 18.2 Å². The van der Waals surface area contributed by atoms with Crippen LogP contribution in [0.4, 0.5) is 5.69 Å². The minimum Gasteiger partial charge on any atom is -0.398 e. The Kier molecular flexibility index (Phi) is 4.10. The van der Waals surface area contributed by atoms with E-state index < -0.39 is 0 Å². The van der Waals surface area contributed by atoms with Crippen molar-refractivity contribution in [3.8, 4) is 0 Å². The van der Waals surface area contributed by atoms with Crippen molar-refractivity contribution in [1.82, 2.24) is 9.97 Å². The van der Waals surface area contributed by atoms with E-state index >= 15 is 0 Å². The molecule has 0 amide bonds. The van der Waals surface area contributed by atoms with E-state index in [1.54, 1.807) is 12.4 Å². The maximum atomic E-state index is 6.08. The van der Waals surface area contributed by atoms with Crippen LogP contribution >= 0.6 is 0 Å². The van der Waals surface area contributed by atoms with Gasteiger partial charge in [-0.05, 0) is 26.0 Å². The monoisotopic (exact) mass is 267 g/mol. The molecule has 1 aromatic heterocycles. The van der Waals surface area contributed by atoms with Crippen LogP contribution in [0.1, 0.15) is 18.3 Å². The summed E-state index contributed by atoms with van der Waals surface area (Å²) in [5.41, 5.74) is 14.8. The highest BCUT2D eigenvalue weighted by atomic mass is 14.9. The Morgan fingerprint density at radius 1 is 1.05 bits per heavy atom. The first-order valence-corrected chi connectivity index (χ1v) is 6.23. The zero-order chi connectivity index (χ0) is 14.5. The Morgan fingerprint density at radius 3 is 2.25 bits per heavy atom. The number of aliphatic imine (C=N–C) groups is 1. The Balaban J connectivity index is 2.33. The molecule has 20 heavy (non-hydrogen) atoms. The summed E-state index contributed by atoms with van der Waals surface area (Å²) < 4.78 is 0.